The highest BCUT2D eigenvalue weighted by atomic mass is 79.9. The van der Waals surface area contributed by atoms with Crippen LogP contribution in [0, 0.1) is 5.92 Å². The third-order valence-corrected chi connectivity index (χ3v) is 4.40. The number of rotatable bonds is 7. The lowest BCUT2D eigenvalue weighted by atomic mass is 9.93. The third-order valence-electron chi connectivity index (χ3n) is 3.74. The molecule has 1 aromatic rings. The van der Waals surface area contributed by atoms with Gasteiger partial charge in [0, 0.05) is 4.47 Å². The van der Waals surface area contributed by atoms with Gasteiger partial charge in [-0.15, -0.1) is 0 Å². The van der Waals surface area contributed by atoms with Gasteiger partial charge in [-0.3, -0.25) is 4.79 Å². The van der Waals surface area contributed by atoms with E-state index in [2.05, 4.69) is 15.9 Å². The second-order valence-corrected chi connectivity index (χ2v) is 6.66. The number of halogens is 4. The fourth-order valence-electron chi connectivity index (χ4n) is 2.39. The maximum Gasteiger partial charge on any atom is 0.422 e. The number of benzene rings is 1. The van der Waals surface area contributed by atoms with E-state index in [1.807, 2.05) is 0 Å². The predicted octanol–water partition coefficient (Wildman–Crippen LogP) is 4.42. The first kappa shape index (κ1) is 18.9. The molecule has 0 spiro atoms. The molecule has 0 radical (unpaired) electrons. The van der Waals surface area contributed by atoms with Gasteiger partial charge in [0.2, 0.25) is 0 Å². The Morgan fingerprint density at radius 1 is 1.42 bits per heavy atom. The minimum absolute atomic E-state index is 0.0667. The van der Waals surface area contributed by atoms with E-state index < -0.39 is 18.7 Å². The van der Waals surface area contributed by atoms with Crippen LogP contribution in [0.15, 0.2) is 16.6 Å². The van der Waals surface area contributed by atoms with E-state index in [0.29, 0.717) is 22.4 Å². The van der Waals surface area contributed by atoms with Crippen molar-refractivity contribution in [3.63, 3.8) is 0 Å². The van der Waals surface area contributed by atoms with Crippen molar-refractivity contribution >= 4 is 27.6 Å². The lowest BCUT2D eigenvalue weighted by molar-refractivity contribution is -0.153. The molecule has 1 fully saturated rings. The second-order valence-electron chi connectivity index (χ2n) is 5.80. The van der Waals surface area contributed by atoms with Gasteiger partial charge in [-0.1, -0.05) is 12.8 Å². The maximum absolute atomic E-state index is 12.4. The van der Waals surface area contributed by atoms with E-state index in [1.54, 1.807) is 13.0 Å². The van der Waals surface area contributed by atoms with Crippen LogP contribution in [0.3, 0.4) is 0 Å². The highest BCUT2D eigenvalue weighted by Crippen LogP contribution is 2.42. The molecule has 0 saturated heterocycles. The summed E-state index contributed by atoms with van der Waals surface area (Å²) < 4.78 is 47.5. The number of nitrogens with two attached hydrogens (primary N) is 1. The molecule has 1 atom stereocenters. The number of nitrogen functional groups attached to an aromatic ring is 1. The van der Waals surface area contributed by atoms with Crippen molar-refractivity contribution in [1.29, 1.82) is 0 Å². The first-order valence-electron chi connectivity index (χ1n) is 7.66. The number of anilines is 1. The standard InChI is InChI=1S/C16H19BrF3NO3/c1-2-23-15(22)11(5-9-3-4-9)10-6-12(17)14(21)13(7-10)24-8-16(18,19)20/h6-7,9,11H,2-5,8,21H2,1H3. The highest BCUT2D eigenvalue weighted by molar-refractivity contribution is 9.10. The molecule has 1 aromatic carbocycles. The SMILES string of the molecule is CCOC(=O)C(CC1CC1)c1cc(Br)c(N)c(OCC(F)(F)F)c1. The van der Waals surface area contributed by atoms with E-state index >= 15 is 0 Å². The van der Waals surface area contributed by atoms with Crippen LogP contribution in [0.4, 0.5) is 18.9 Å². The Bertz CT molecular complexity index is 603. The molecule has 2 rings (SSSR count). The summed E-state index contributed by atoms with van der Waals surface area (Å²) in [5.74, 6) is -0.581. The molecule has 24 heavy (non-hydrogen) atoms. The van der Waals surface area contributed by atoms with Crippen molar-refractivity contribution in [2.24, 2.45) is 5.92 Å². The van der Waals surface area contributed by atoms with Gasteiger partial charge >= 0.3 is 12.1 Å². The largest absolute Gasteiger partial charge is 0.482 e. The topological polar surface area (TPSA) is 61.5 Å². The average molecular weight is 410 g/mol. The van der Waals surface area contributed by atoms with Gasteiger partial charge in [0.25, 0.3) is 0 Å². The van der Waals surface area contributed by atoms with Crippen molar-refractivity contribution < 1.29 is 27.4 Å². The first-order valence-corrected chi connectivity index (χ1v) is 8.45. The first-order chi connectivity index (χ1) is 11.2. The lowest BCUT2D eigenvalue weighted by Gasteiger charge is -2.19. The summed E-state index contributed by atoms with van der Waals surface area (Å²) in [6.07, 6.45) is -1.77. The Morgan fingerprint density at radius 3 is 2.62 bits per heavy atom. The predicted molar refractivity (Wildman–Crippen MR) is 86.8 cm³/mol. The molecule has 0 amide bonds. The fourth-order valence-corrected chi connectivity index (χ4v) is 2.85. The fraction of sp³-hybridized carbons (Fsp3) is 0.562. The summed E-state index contributed by atoms with van der Waals surface area (Å²) in [7, 11) is 0. The van der Waals surface area contributed by atoms with Gasteiger partial charge in [0.1, 0.15) is 5.75 Å². The summed E-state index contributed by atoms with van der Waals surface area (Å²) in [6.45, 7) is 0.510. The molecule has 0 heterocycles. The smallest absolute Gasteiger partial charge is 0.422 e. The second kappa shape index (κ2) is 7.63. The molecular weight excluding hydrogens is 391 g/mol. The van der Waals surface area contributed by atoms with Gasteiger partial charge in [-0.25, -0.2) is 0 Å². The molecule has 134 valence electrons. The van der Waals surface area contributed by atoms with Gasteiger partial charge in [0.05, 0.1) is 18.2 Å². The Hall–Kier alpha value is -1.44. The van der Waals surface area contributed by atoms with Crippen molar-refractivity contribution in [2.75, 3.05) is 18.9 Å². The number of carbonyl (C=O) groups is 1. The van der Waals surface area contributed by atoms with Crippen LogP contribution in [0.25, 0.3) is 0 Å². The molecule has 0 aromatic heterocycles. The number of hydrogen-bond acceptors (Lipinski definition) is 4. The van der Waals surface area contributed by atoms with Crippen LogP contribution in [0.2, 0.25) is 0 Å². The molecule has 2 N–H and O–H groups in total. The Labute approximate surface area is 146 Å². The number of ether oxygens (including phenoxy) is 2. The molecule has 1 aliphatic carbocycles. The summed E-state index contributed by atoms with van der Waals surface area (Å²) in [5.41, 5.74) is 6.38. The van der Waals surface area contributed by atoms with Crippen LogP contribution in [0.1, 0.15) is 37.7 Å². The van der Waals surface area contributed by atoms with E-state index in [1.165, 1.54) is 6.07 Å². The zero-order valence-electron chi connectivity index (χ0n) is 13.2. The van der Waals surface area contributed by atoms with Crippen LogP contribution in [0.5, 0.6) is 5.75 Å². The molecule has 1 unspecified atom stereocenters. The Balaban J connectivity index is 2.28. The minimum Gasteiger partial charge on any atom is -0.482 e. The quantitative estimate of drug-likeness (QED) is 0.534. The van der Waals surface area contributed by atoms with Crippen molar-refractivity contribution in [3.05, 3.63) is 22.2 Å². The van der Waals surface area contributed by atoms with Gasteiger partial charge in [-0.05, 0) is 52.9 Å². The van der Waals surface area contributed by atoms with Crippen molar-refractivity contribution in [1.82, 2.24) is 0 Å². The lowest BCUT2D eigenvalue weighted by Crippen LogP contribution is -2.20. The zero-order valence-corrected chi connectivity index (χ0v) is 14.7. The van der Waals surface area contributed by atoms with Crippen LogP contribution in [-0.4, -0.2) is 25.4 Å². The highest BCUT2D eigenvalue weighted by Gasteiger charge is 2.33. The molecule has 8 heteroatoms. The molecule has 0 aliphatic heterocycles. The van der Waals surface area contributed by atoms with Crippen LogP contribution < -0.4 is 10.5 Å². The maximum atomic E-state index is 12.4. The number of alkyl halides is 3. The molecule has 1 saturated carbocycles. The van der Waals surface area contributed by atoms with Crippen LogP contribution in [-0.2, 0) is 9.53 Å². The van der Waals surface area contributed by atoms with E-state index in [0.717, 1.165) is 12.8 Å². The summed E-state index contributed by atoms with van der Waals surface area (Å²) >= 11 is 3.22. The number of carbonyl (C=O) groups excluding carboxylic acids is 1. The van der Waals surface area contributed by atoms with E-state index in [-0.39, 0.29) is 24.0 Å². The van der Waals surface area contributed by atoms with Gasteiger partial charge in [-0.2, -0.15) is 13.2 Å². The summed E-state index contributed by atoms with van der Waals surface area (Å²) in [6, 6.07) is 3.04. The summed E-state index contributed by atoms with van der Waals surface area (Å²) in [5, 5.41) is 0. The molecule has 1 aliphatic rings. The zero-order chi connectivity index (χ0) is 17.9. The Kier molecular flexibility index (Phi) is 6.01. The molecular formula is C16H19BrF3NO3. The monoisotopic (exact) mass is 409 g/mol. The van der Waals surface area contributed by atoms with Gasteiger partial charge in [0.15, 0.2) is 6.61 Å². The third kappa shape index (κ3) is 5.29. The van der Waals surface area contributed by atoms with E-state index in [4.69, 9.17) is 15.2 Å². The normalized spacial score (nSPS) is 15.9. The number of hydrogen-bond donors (Lipinski definition) is 1. The van der Waals surface area contributed by atoms with E-state index in [9.17, 15) is 18.0 Å². The Morgan fingerprint density at radius 2 is 2.08 bits per heavy atom. The van der Waals surface area contributed by atoms with Crippen molar-refractivity contribution in [3.8, 4) is 5.75 Å². The minimum atomic E-state index is -4.47. The van der Waals surface area contributed by atoms with Crippen molar-refractivity contribution in [2.45, 2.75) is 38.3 Å². The average Bonchev–Trinajstić information content (AvgIpc) is 3.29. The van der Waals surface area contributed by atoms with Gasteiger partial charge < -0.3 is 15.2 Å². The van der Waals surface area contributed by atoms with Crippen LogP contribution >= 0.6 is 15.9 Å². The molecule has 0 bridgehead atoms. The number of esters is 1. The summed E-state index contributed by atoms with van der Waals surface area (Å²) in [4.78, 5) is 12.2. The molecule has 4 nitrogen and oxygen atoms in total.